The first-order valence-corrected chi connectivity index (χ1v) is 11.1. The Balaban J connectivity index is 1.84. The van der Waals surface area contributed by atoms with Crippen molar-refractivity contribution in [1.82, 2.24) is 10.9 Å². The third-order valence-corrected chi connectivity index (χ3v) is 5.06. The predicted octanol–water partition coefficient (Wildman–Crippen LogP) is 3.76. The normalized spacial score (nSPS) is 12.2. The summed E-state index contributed by atoms with van der Waals surface area (Å²) in [7, 11) is 0. The van der Waals surface area contributed by atoms with Gasteiger partial charge in [0.25, 0.3) is 11.8 Å². The van der Waals surface area contributed by atoms with Gasteiger partial charge in [-0.15, -0.1) is 0 Å². The van der Waals surface area contributed by atoms with Gasteiger partial charge in [-0.2, -0.15) is 0 Å². The number of ether oxygens (including phenoxy) is 3. The highest BCUT2D eigenvalue weighted by molar-refractivity contribution is 5.89. The fourth-order valence-corrected chi connectivity index (χ4v) is 2.99. The molecule has 0 saturated carbocycles. The first-order chi connectivity index (χ1) is 15.9. The lowest BCUT2D eigenvalue weighted by Gasteiger charge is -2.21. The maximum Gasteiger partial charge on any atom is 0.338 e. The molecule has 0 radical (unpaired) electrons. The monoisotopic (exact) mass is 456 g/mol. The molecule has 0 saturated heterocycles. The smallest absolute Gasteiger partial charge is 0.338 e. The van der Waals surface area contributed by atoms with Gasteiger partial charge in [0, 0.05) is 0 Å². The first kappa shape index (κ1) is 25.7. The summed E-state index contributed by atoms with van der Waals surface area (Å²) < 4.78 is 16.3. The lowest BCUT2D eigenvalue weighted by molar-refractivity contribution is -0.134. The fraction of sp³-hybridized carbons (Fsp3) is 0.400. The Bertz CT molecular complexity index is 929. The van der Waals surface area contributed by atoms with Crippen LogP contribution in [0.2, 0.25) is 0 Å². The molecule has 0 aromatic heterocycles. The van der Waals surface area contributed by atoms with E-state index in [-0.39, 0.29) is 13.2 Å². The summed E-state index contributed by atoms with van der Waals surface area (Å²) in [6, 6.07) is 13.9. The van der Waals surface area contributed by atoms with Crippen LogP contribution in [0.1, 0.15) is 62.4 Å². The van der Waals surface area contributed by atoms with Gasteiger partial charge >= 0.3 is 5.97 Å². The summed E-state index contributed by atoms with van der Waals surface area (Å²) in [5.74, 6) is -0.0547. The quantitative estimate of drug-likeness (QED) is 0.394. The fourth-order valence-electron chi connectivity index (χ4n) is 2.99. The molecule has 2 atom stereocenters. The second-order valence-corrected chi connectivity index (χ2v) is 7.43. The third-order valence-electron chi connectivity index (χ3n) is 5.06. The number of hydrazine groups is 1. The molecule has 2 aromatic rings. The van der Waals surface area contributed by atoms with Crippen molar-refractivity contribution in [2.24, 2.45) is 0 Å². The van der Waals surface area contributed by atoms with Crippen LogP contribution < -0.4 is 20.3 Å². The van der Waals surface area contributed by atoms with E-state index < -0.39 is 23.9 Å². The van der Waals surface area contributed by atoms with Crippen LogP contribution in [0.3, 0.4) is 0 Å². The van der Waals surface area contributed by atoms with Gasteiger partial charge in [0.1, 0.15) is 11.5 Å². The molecule has 2 N–H and O–H groups in total. The second kappa shape index (κ2) is 13.1. The topological polar surface area (TPSA) is 103 Å². The van der Waals surface area contributed by atoms with Gasteiger partial charge in [0.05, 0.1) is 12.2 Å². The van der Waals surface area contributed by atoms with E-state index in [0.717, 1.165) is 12.0 Å². The summed E-state index contributed by atoms with van der Waals surface area (Å²) in [6.07, 6.45) is 0.622. The van der Waals surface area contributed by atoms with E-state index in [9.17, 15) is 14.4 Å². The molecule has 0 spiro atoms. The molecule has 33 heavy (non-hydrogen) atoms. The number of amides is 2. The van der Waals surface area contributed by atoms with Crippen LogP contribution >= 0.6 is 0 Å². The number of hydrogen-bond acceptors (Lipinski definition) is 6. The zero-order valence-electron chi connectivity index (χ0n) is 19.6. The first-order valence-electron chi connectivity index (χ1n) is 11.1. The maximum absolute atomic E-state index is 12.5. The van der Waals surface area contributed by atoms with Crippen molar-refractivity contribution in [3.63, 3.8) is 0 Å². The lowest BCUT2D eigenvalue weighted by atomic mass is 9.98. The van der Waals surface area contributed by atoms with E-state index >= 15 is 0 Å². The molecular formula is C25H32N2O6. The van der Waals surface area contributed by atoms with Crippen LogP contribution in [-0.4, -0.2) is 37.1 Å². The van der Waals surface area contributed by atoms with E-state index in [2.05, 4.69) is 24.7 Å². The minimum absolute atomic E-state index is 0.289. The van der Waals surface area contributed by atoms with Crippen molar-refractivity contribution in [2.45, 2.75) is 52.6 Å². The number of hydrogen-bond donors (Lipinski definition) is 2. The zero-order valence-corrected chi connectivity index (χ0v) is 19.6. The highest BCUT2D eigenvalue weighted by Crippen LogP contribution is 2.29. The highest BCUT2D eigenvalue weighted by atomic mass is 16.5. The number of rotatable bonds is 11. The standard InChI is InChI=1S/C25H32N2O6/c1-5-17(4)20-10-8-9-11-22(20)33-21(6-2)24(29)27-26-23(28)16-32-19-14-12-18(13-15-19)25(30)31-7-3/h8-15,17,21H,5-7,16H2,1-4H3,(H,26,28)(H,27,29). The van der Waals surface area contributed by atoms with Crippen LogP contribution in [0, 0.1) is 0 Å². The van der Waals surface area contributed by atoms with Gasteiger partial charge in [-0.25, -0.2) is 4.79 Å². The van der Waals surface area contributed by atoms with E-state index in [0.29, 0.717) is 29.4 Å². The number of carbonyl (C=O) groups is 3. The Morgan fingerprint density at radius 1 is 0.909 bits per heavy atom. The Kier molecular flexibility index (Phi) is 10.2. The summed E-state index contributed by atoms with van der Waals surface area (Å²) in [6.45, 7) is 7.74. The van der Waals surface area contributed by atoms with Crippen molar-refractivity contribution in [3.8, 4) is 11.5 Å². The average molecular weight is 457 g/mol. The van der Waals surface area contributed by atoms with Crippen LogP contribution in [0.15, 0.2) is 48.5 Å². The summed E-state index contributed by atoms with van der Waals surface area (Å²) in [5, 5.41) is 0. The number of esters is 1. The van der Waals surface area contributed by atoms with Crippen molar-refractivity contribution in [1.29, 1.82) is 0 Å². The maximum atomic E-state index is 12.5. The van der Waals surface area contributed by atoms with E-state index in [1.54, 1.807) is 31.2 Å². The molecule has 8 nitrogen and oxygen atoms in total. The average Bonchev–Trinajstić information content (AvgIpc) is 2.84. The van der Waals surface area contributed by atoms with Crippen LogP contribution in [0.4, 0.5) is 0 Å². The molecule has 0 fully saturated rings. The molecule has 2 aromatic carbocycles. The lowest BCUT2D eigenvalue weighted by Crippen LogP contribution is -2.49. The van der Waals surface area contributed by atoms with Crippen LogP contribution in [-0.2, 0) is 14.3 Å². The number of nitrogens with one attached hydrogen (secondary N) is 2. The molecular weight excluding hydrogens is 424 g/mol. The summed E-state index contributed by atoms with van der Waals surface area (Å²) >= 11 is 0. The number of benzene rings is 2. The van der Waals surface area contributed by atoms with Gasteiger partial charge in [0.15, 0.2) is 12.7 Å². The van der Waals surface area contributed by atoms with Crippen molar-refractivity contribution in [2.75, 3.05) is 13.2 Å². The molecule has 0 bridgehead atoms. The van der Waals surface area contributed by atoms with Crippen LogP contribution in [0.25, 0.3) is 0 Å². The number of para-hydroxylation sites is 1. The van der Waals surface area contributed by atoms with Gasteiger partial charge in [0.2, 0.25) is 0 Å². The Labute approximate surface area is 194 Å². The van der Waals surface area contributed by atoms with Gasteiger partial charge in [-0.1, -0.05) is 39.0 Å². The Morgan fingerprint density at radius 3 is 2.24 bits per heavy atom. The SMILES string of the molecule is CCOC(=O)c1ccc(OCC(=O)NNC(=O)C(CC)Oc2ccccc2C(C)CC)cc1. The summed E-state index contributed by atoms with van der Waals surface area (Å²) in [5.41, 5.74) is 6.15. The zero-order chi connectivity index (χ0) is 24.2. The Morgan fingerprint density at radius 2 is 1.61 bits per heavy atom. The number of carbonyl (C=O) groups excluding carboxylic acids is 3. The second-order valence-electron chi connectivity index (χ2n) is 7.43. The predicted molar refractivity (Wildman–Crippen MR) is 124 cm³/mol. The Hall–Kier alpha value is -3.55. The third kappa shape index (κ3) is 7.82. The molecule has 178 valence electrons. The molecule has 0 aliphatic carbocycles. The minimum Gasteiger partial charge on any atom is -0.484 e. The van der Waals surface area contributed by atoms with Crippen molar-refractivity contribution in [3.05, 3.63) is 59.7 Å². The van der Waals surface area contributed by atoms with E-state index in [4.69, 9.17) is 14.2 Å². The molecule has 0 aliphatic rings. The molecule has 2 amide bonds. The van der Waals surface area contributed by atoms with Crippen molar-refractivity contribution < 1.29 is 28.6 Å². The van der Waals surface area contributed by atoms with Gasteiger partial charge in [-0.05, 0) is 61.6 Å². The molecule has 0 aliphatic heterocycles. The van der Waals surface area contributed by atoms with E-state index in [1.807, 2.05) is 31.2 Å². The summed E-state index contributed by atoms with van der Waals surface area (Å²) in [4.78, 5) is 36.2. The molecule has 2 unspecified atom stereocenters. The van der Waals surface area contributed by atoms with Gasteiger partial charge in [-0.3, -0.25) is 20.4 Å². The minimum atomic E-state index is -0.758. The largest absolute Gasteiger partial charge is 0.484 e. The van der Waals surface area contributed by atoms with E-state index in [1.165, 1.54) is 0 Å². The molecule has 2 rings (SSSR count). The molecule has 8 heteroatoms. The van der Waals surface area contributed by atoms with Gasteiger partial charge < -0.3 is 14.2 Å². The van der Waals surface area contributed by atoms with Crippen LogP contribution in [0.5, 0.6) is 11.5 Å². The molecule has 0 heterocycles. The highest BCUT2D eigenvalue weighted by Gasteiger charge is 2.21. The van der Waals surface area contributed by atoms with Crippen molar-refractivity contribution >= 4 is 17.8 Å².